The summed E-state index contributed by atoms with van der Waals surface area (Å²) < 4.78 is 0. The molecule has 0 fully saturated rings. The van der Waals surface area contributed by atoms with Gasteiger partial charge in [-0.1, -0.05) is 48.7 Å². The fraction of sp³-hybridized carbons (Fsp3) is 0.300. The highest BCUT2D eigenvalue weighted by atomic mass is 35.5. The maximum atomic E-state index is 11.4. The molecule has 82 valence electrons. The third-order valence-corrected chi connectivity index (χ3v) is 2.97. The molecule has 0 heterocycles. The Labute approximate surface area is 104 Å². The Kier molecular flexibility index (Phi) is 4.26. The summed E-state index contributed by atoms with van der Waals surface area (Å²) >= 11 is 17.4. The van der Waals surface area contributed by atoms with Crippen molar-refractivity contribution in [2.45, 2.75) is 13.8 Å². The Hall–Kier alpha value is -0.440. The first-order valence-electron chi connectivity index (χ1n) is 4.37. The normalized spacial score (nSPS) is 10.5. The molecule has 1 aromatic carbocycles. The van der Waals surface area contributed by atoms with Gasteiger partial charge >= 0.3 is 0 Å². The highest BCUT2D eigenvalue weighted by molar-refractivity contribution is 6.48. The van der Waals surface area contributed by atoms with Gasteiger partial charge in [0.2, 0.25) is 5.91 Å². The van der Waals surface area contributed by atoms with E-state index in [1.165, 1.54) is 0 Å². The van der Waals surface area contributed by atoms with Gasteiger partial charge in [0, 0.05) is 11.6 Å². The smallest absolute Gasteiger partial charge is 0.226 e. The van der Waals surface area contributed by atoms with E-state index in [-0.39, 0.29) is 11.8 Å². The highest BCUT2D eigenvalue weighted by Gasteiger charge is 2.10. The molecular weight excluding hydrogens is 256 g/mol. The molecule has 1 amide bonds. The summed E-state index contributed by atoms with van der Waals surface area (Å²) in [6.07, 6.45) is 0. The lowest BCUT2D eigenvalue weighted by molar-refractivity contribution is -0.118. The number of carbonyl (C=O) groups excluding carboxylic acids is 1. The van der Waals surface area contributed by atoms with E-state index in [0.717, 1.165) is 0 Å². The van der Waals surface area contributed by atoms with Crippen molar-refractivity contribution in [1.82, 2.24) is 0 Å². The van der Waals surface area contributed by atoms with Crippen LogP contribution in [-0.4, -0.2) is 5.91 Å². The molecule has 1 aromatic rings. The van der Waals surface area contributed by atoms with Gasteiger partial charge in [-0.3, -0.25) is 4.79 Å². The fourth-order valence-corrected chi connectivity index (χ4v) is 1.51. The van der Waals surface area contributed by atoms with Crippen molar-refractivity contribution < 1.29 is 4.79 Å². The van der Waals surface area contributed by atoms with E-state index < -0.39 is 0 Å². The second-order valence-electron chi connectivity index (χ2n) is 3.40. The van der Waals surface area contributed by atoms with Crippen LogP contribution in [0, 0.1) is 5.92 Å². The van der Waals surface area contributed by atoms with Gasteiger partial charge in [-0.25, -0.2) is 0 Å². The van der Waals surface area contributed by atoms with Gasteiger partial charge in [-0.05, 0) is 12.1 Å². The maximum Gasteiger partial charge on any atom is 0.226 e. The molecule has 0 atom stereocenters. The van der Waals surface area contributed by atoms with E-state index in [2.05, 4.69) is 5.32 Å². The molecule has 0 radical (unpaired) electrons. The van der Waals surface area contributed by atoms with E-state index in [0.29, 0.717) is 20.8 Å². The second kappa shape index (κ2) is 5.06. The van der Waals surface area contributed by atoms with Gasteiger partial charge in [-0.15, -0.1) is 0 Å². The largest absolute Gasteiger partial charge is 0.326 e. The van der Waals surface area contributed by atoms with Crippen molar-refractivity contribution in [2.75, 3.05) is 5.32 Å². The highest BCUT2D eigenvalue weighted by Crippen LogP contribution is 2.33. The number of benzene rings is 1. The Balaban J connectivity index is 2.93. The van der Waals surface area contributed by atoms with Gasteiger partial charge < -0.3 is 5.32 Å². The molecule has 15 heavy (non-hydrogen) atoms. The molecule has 0 aliphatic rings. The van der Waals surface area contributed by atoms with E-state index in [4.69, 9.17) is 34.8 Å². The SMILES string of the molecule is CC(C)C(=O)Nc1cc(Cl)c(Cl)c(Cl)c1. The lowest BCUT2D eigenvalue weighted by atomic mass is 10.2. The number of hydrogen-bond donors (Lipinski definition) is 1. The van der Waals surface area contributed by atoms with Crippen molar-refractivity contribution in [3.63, 3.8) is 0 Å². The number of halogens is 3. The average molecular weight is 267 g/mol. The quantitative estimate of drug-likeness (QED) is 0.797. The van der Waals surface area contributed by atoms with Crippen LogP contribution in [0.25, 0.3) is 0 Å². The summed E-state index contributed by atoms with van der Waals surface area (Å²) in [5, 5.41) is 3.62. The standard InChI is InChI=1S/C10H10Cl3NO/c1-5(2)10(15)14-6-3-7(11)9(13)8(12)4-6/h3-5H,1-2H3,(H,14,15). The second-order valence-corrected chi connectivity index (χ2v) is 4.59. The lowest BCUT2D eigenvalue weighted by Crippen LogP contribution is -2.17. The number of carbonyl (C=O) groups is 1. The molecule has 0 spiro atoms. The number of rotatable bonds is 2. The Morgan fingerprint density at radius 2 is 1.67 bits per heavy atom. The first-order chi connectivity index (χ1) is 6.91. The molecule has 1 rings (SSSR count). The number of anilines is 1. The molecular formula is C10H10Cl3NO. The van der Waals surface area contributed by atoms with Crippen LogP contribution in [0.1, 0.15) is 13.8 Å². The number of hydrogen-bond acceptors (Lipinski definition) is 1. The van der Waals surface area contributed by atoms with Crippen LogP contribution >= 0.6 is 34.8 Å². The molecule has 1 N–H and O–H groups in total. The Morgan fingerprint density at radius 3 is 2.07 bits per heavy atom. The lowest BCUT2D eigenvalue weighted by Gasteiger charge is -2.09. The first-order valence-corrected chi connectivity index (χ1v) is 5.50. The zero-order valence-electron chi connectivity index (χ0n) is 8.27. The topological polar surface area (TPSA) is 29.1 Å². The molecule has 0 saturated carbocycles. The molecule has 5 heteroatoms. The Bertz CT molecular complexity index is 367. The first kappa shape index (κ1) is 12.6. The summed E-state index contributed by atoms with van der Waals surface area (Å²) in [7, 11) is 0. The van der Waals surface area contributed by atoms with Crippen LogP contribution in [0.5, 0.6) is 0 Å². The number of nitrogens with one attached hydrogen (secondary N) is 1. The predicted molar refractivity (Wildman–Crippen MR) is 64.9 cm³/mol. The molecule has 0 saturated heterocycles. The van der Waals surface area contributed by atoms with Gasteiger partial charge in [0.15, 0.2) is 0 Å². The minimum absolute atomic E-state index is 0.0931. The van der Waals surface area contributed by atoms with Crippen LogP contribution in [0.2, 0.25) is 15.1 Å². The predicted octanol–water partition coefficient (Wildman–Crippen LogP) is 4.24. The minimum atomic E-state index is -0.0989. The molecule has 0 aromatic heterocycles. The molecule has 2 nitrogen and oxygen atoms in total. The van der Waals surface area contributed by atoms with Crippen molar-refractivity contribution in [3.05, 3.63) is 27.2 Å². The Morgan fingerprint density at radius 1 is 1.20 bits per heavy atom. The number of amides is 1. The third kappa shape index (κ3) is 3.26. The van der Waals surface area contributed by atoms with Gasteiger partial charge in [0.25, 0.3) is 0 Å². The van der Waals surface area contributed by atoms with Crippen LogP contribution < -0.4 is 5.32 Å². The molecule has 0 aliphatic heterocycles. The van der Waals surface area contributed by atoms with E-state index in [1.807, 2.05) is 0 Å². The van der Waals surface area contributed by atoms with Crippen LogP contribution in [0.3, 0.4) is 0 Å². The van der Waals surface area contributed by atoms with Crippen LogP contribution in [0.4, 0.5) is 5.69 Å². The van der Waals surface area contributed by atoms with Crippen molar-refractivity contribution in [3.8, 4) is 0 Å². The maximum absolute atomic E-state index is 11.4. The summed E-state index contributed by atoms with van der Waals surface area (Å²) in [6.45, 7) is 3.60. The fourth-order valence-electron chi connectivity index (χ4n) is 0.914. The van der Waals surface area contributed by atoms with E-state index in [1.54, 1.807) is 26.0 Å². The summed E-state index contributed by atoms with van der Waals surface area (Å²) in [5.74, 6) is -0.192. The zero-order valence-corrected chi connectivity index (χ0v) is 10.5. The third-order valence-electron chi connectivity index (χ3n) is 1.78. The van der Waals surface area contributed by atoms with Gasteiger partial charge in [0.1, 0.15) is 0 Å². The average Bonchev–Trinajstić information content (AvgIpc) is 2.13. The van der Waals surface area contributed by atoms with Crippen molar-refractivity contribution in [2.24, 2.45) is 5.92 Å². The van der Waals surface area contributed by atoms with Crippen LogP contribution in [-0.2, 0) is 4.79 Å². The van der Waals surface area contributed by atoms with E-state index in [9.17, 15) is 4.79 Å². The molecule has 0 unspecified atom stereocenters. The minimum Gasteiger partial charge on any atom is -0.326 e. The summed E-state index contributed by atoms with van der Waals surface area (Å²) in [4.78, 5) is 11.4. The van der Waals surface area contributed by atoms with Crippen LogP contribution in [0.15, 0.2) is 12.1 Å². The van der Waals surface area contributed by atoms with Gasteiger partial charge in [-0.2, -0.15) is 0 Å². The summed E-state index contributed by atoms with van der Waals surface area (Å²) in [6, 6.07) is 3.13. The monoisotopic (exact) mass is 265 g/mol. The van der Waals surface area contributed by atoms with Crippen molar-refractivity contribution in [1.29, 1.82) is 0 Å². The van der Waals surface area contributed by atoms with Gasteiger partial charge in [0.05, 0.1) is 15.1 Å². The van der Waals surface area contributed by atoms with E-state index >= 15 is 0 Å². The summed E-state index contributed by atoms with van der Waals surface area (Å²) in [5.41, 5.74) is 0.549. The zero-order chi connectivity index (χ0) is 11.6. The molecule has 0 aliphatic carbocycles. The van der Waals surface area contributed by atoms with Crippen molar-refractivity contribution >= 4 is 46.4 Å². The molecule has 0 bridgehead atoms.